The summed E-state index contributed by atoms with van der Waals surface area (Å²) in [5, 5.41) is 0. The van der Waals surface area contributed by atoms with Crippen LogP contribution in [0.25, 0.3) is 0 Å². The Morgan fingerprint density at radius 1 is 1.12 bits per heavy atom. The minimum absolute atomic E-state index is 0.110. The van der Waals surface area contributed by atoms with Crippen LogP contribution in [0.3, 0.4) is 0 Å². The van der Waals surface area contributed by atoms with E-state index < -0.39 is 10.0 Å². The number of nitrogens with zero attached hydrogens (tertiary/aromatic N) is 2. The van der Waals surface area contributed by atoms with Gasteiger partial charge in [0.05, 0.1) is 30.6 Å². The molecular weight excluding hydrogens is 350 g/mol. The average molecular weight is 373 g/mol. The van der Waals surface area contributed by atoms with E-state index in [4.69, 9.17) is 4.42 Å². The van der Waals surface area contributed by atoms with Gasteiger partial charge < -0.3 is 9.32 Å². The maximum atomic E-state index is 12.9. The first-order chi connectivity index (χ1) is 12.6. The molecule has 1 aromatic carbocycles. The van der Waals surface area contributed by atoms with Gasteiger partial charge in [-0.15, -0.1) is 0 Å². The van der Waals surface area contributed by atoms with Crippen LogP contribution in [0.5, 0.6) is 0 Å². The number of likely N-dealkylation sites (tertiary alicyclic amines) is 1. The highest BCUT2D eigenvalue weighted by Crippen LogP contribution is 2.38. The summed E-state index contributed by atoms with van der Waals surface area (Å²) in [4.78, 5) is 5.04. The summed E-state index contributed by atoms with van der Waals surface area (Å²) in [7, 11) is -3.51. The van der Waals surface area contributed by atoms with Crippen molar-refractivity contribution < 1.29 is 12.8 Å². The summed E-state index contributed by atoms with van der Waals surface area (Å²) < 4.78 is 34.3. The quantitative estimate of drug-likeness (QED) is 0.888. The standard InChI is InChI=1S/C19H23N3O3S/c23-26(24)19-6-2-1-5-17(19)22(10-14-7-8-14)18-13-21(12-16(18)20-26)11-15-4-3-9-25-15/h1-6,9,14,16,18,20H,7-8,10-13H2. The van der Waals surface area contributed by atoms with Gasteiger partial charge in [-0.25, -0.2) is 13.1 Å². The second-order valence-electron chi connectivity index (χ2n) is 7.63. The third-order valence-electron chi connectivity index (χ3n) is 5.65. The zero-order valence-corrected chi connectivity index (χ0v) is 15.4. The van der Waals surface area contributed by atoms with E-state index in [1.54, 1.807) is 18.4 Å². The summed E-state index contributed by atoms with van der Waals surface area (Å²) in [5.41, 5.74) is 0.847. The monoisotopic (exact) mass is 373 g/mol. The average Bonchev–Trinajstić information content (AvgIpc) is 3.17. The molecule has 2 aliphatic heterocycles. The van der Waals surface area contributed by atoms with Crippen LogP contribution in [0.1, 0.15) is 18.6 Å². The lowest BCUT2D eigenvalue weighted by molar-refractivity contribution is 0.289. The van der Waals surface area contributed by atoms with Crippen LogP contribution in [0.2, 0.25) is 0 Å². The molecule has 5 rings (SSSR count). The Hall–Kier alpha value is -1.83. The fourth-order valence-electron chi connectivity index (χ4n) is 4.23. The van der Waals surface area contributed by atoms with Crippen molar-refractivity contribution in [2.45, 2.75) is 36.4 Å². The molecule has 0 bridgehead atoms. The topological polar surface area (TPSA) is 65.8 Å². The zero-order chi connectivity index (χ0) is 17.7. The second-order valence-corrected chi connectivity index (χ2v) is 9.31. The Bertz CT molecular complexity index is 893. The van der Waals surface area contributed by atoms with Crippen molar-refractivity contribution >= 4 is 15.7 Å². The number of sulfonamides is 1. The summed E-state index contributed by atoms with van der Waals surface area (Å²) in [5.74, 6) is 1.60. The van der Waals surface area contributed by atoms with E-state index in [9.17, 15) is 8.42 Å². The van der Waals surface area contributed by atoms with Crippen molar-refractivity contribution in [1.29, 1.82) is 0 Å². The maximum Gasteiger partial charge on any atom is 0.242 e. The zero-order valence-electron chi connectivity index (χ0n) is 14.5. The SMILES string of the molecule is O=S1(=O)NC2CN(Cc3ccco3)CC2N(CC2CC2)c2ccccc21. The fourth-order valence-corrected chi connectivity index (χ4v) is 5.70. The van der Waals surface area contributed by atoms with Crippen molar-refractivity contribution in [2.75, 3.05) is 24.5 Å². The van der Waals surface area contributed by atoms with Gasteiger partial charge in [0.15, 0.2) is 0 Å². The summed E-state index contributed by atoms with van der Waals surface area (Å²) in [6.45, 7) is 3.17. The number of fused-ring (bicyclic) bond motifs is 2. The van der Waals surface area contributed by atoms with Crippen LogP contribution in [0, 0.1) is 5.92 Å². The maximum absolute atomic E-state index is 12.9. The number of hydrogen-bond donors (Lipinski definition) is 1. The van der Waals surface area contributed by atoms with E-state index in [2.05, 4.69) is 14.5 Å². The van der Waals surface area contributed by atoms with Gasteiger partial charge in [0.25, 0.3) is 0 Å². The lowest BCUT2D eigenvalue weighted by atomic mass is 10.1. The number of furan rings is 1. The van der Waals surface area contributed by atoms with Gasteiger partial charge in [0.2, 0.25) is 10.0 Å². The molecule has 2 unspecified atom stereocenters. The number of benzene rings is 1. The molecule has 2 fully saturated rings. The lowest BCUT2D eigenvalue weighted by Gasteiger charge is -2.32. The van der Waals surface area contributed by atoms with Crippen molar-refractivity contribution in [3.05, 3.63) is 48.4 Å². The van der Waals surface area contributed by atoms with Gasteiger partial charge >= 0.3 is 0 Å². The smallest absolute Gasteiger partial charge is 0.242 e. The molecule has 1 saturated carbocycles. The molecule has 0 spiro atoms. The predicted octanol–water partition coefficient (Wildman–Crippen LogP) is 2.04. The lowest BCUT2D eigenvalue weighted by Crippen LogP contribution is -2.49. The fraction of sp³-hybridized carbons (Fsp3) is 0.474. The molecule has 2 atom stereocenters. The molecule has 6 nitrogen and oxygen atoms in total. The van der Waals surface area contributed by atoms with Crippen molar-refractivity contribution in [1.82, 2.24) is 9.62 Å². The number of para-hydroxylation sites is 1. The van der Waals surface area contributed by atoms with E-state index >= 15 is 0 Å². The number of nitrogens with one attached hydrogen (secondary N) is 1. The molecule has 0 radical (unpaired) electrons. The van der Waals surface area contributed by atoms with E-state index in [0.29, 0.717) is 23.9 Å². The minimum Gasteiger partial charge on any atom is -0.468 e. The molecule has 3 aliphatic rings. The van der Waals surface area contributed by atoms with Gasteiger partial charge in [-0.05, 0) is 43.0 Å². The molecule has 1 N–H and O–H groups in total. The van der Waals surface area contributed by atoms with Crippen LogP contribution >= 0.6 is 0 Å². The normalized spacial score (nSPS) is 27.8. The molecule has 138 valence electrons. The van der Waals surface area contributed by atoms with Crippen LogP contribution in [0.15, 0.2) is 52.0 Å². The van der Waals surface area contributed by atoms with Gasteiger partial charge in [-0.3, -0.25) is 4.90 Å². The van der Waals surface area contributed by atoms with Gasteiger partial charge in [-0.2, -0.15) is 0 Å². The van der Waals surface area contributed by atoms with Crippen molar-refractivity contribution in [3.63, 3.8) is 0 Å². The Morgan fingerprint density at radius 2 is 1.96 bits per heavy atom. The van der Waals surface area contributed by atoms with Gasteiger partial charge in [0, 0.05) is 19.6 Å². The second kappa shape index (κ2) is 6.11. The third-order valence-corrected chi connectivity index (χ3v) is 7.18. The highest BCUT2D eigenvalue weighted by Gasteiger charge is 2.44. The van der Waals surface area contributed by atoms with Crippen LogP contribution < -0.4 is 9.62 Å². The summed E-state index contributed by atoms with van der Waals surface area (Å²) >= 11 is 0. The first-order valence-electron chi connectivity index (χ1n) is 9.23. The molecule has 1 saturated heterocycles. The highest BCUT2D eigenvalue weighted by molar-refractivity contribution is 7.89. The van der Waals surface area contributed by atoms with Gasteiger partial charge in [-0.1, -0.05) is 12.1 Å². The molecule has 2 aromatic rings. The Labute approximate surface area is 153 Å². The Morgan fingerprint density at radius 3 is 2.73 bits per heavy atom. The third kappa shape index (κ3) is 2.94. The number of anilines is 1. The first-order valence-corrected chi connectivity index (χ1v) is 10.7. The Kier molecular flexibility index (Phi) is 3.84. The molecule has 0 amide bonds. The number of hydrogen-bond acceptors (Lipinski definition) is 5. The molecular formula is C19H23N3O3S. The van der Waals surface area contributed by atoms with Crippen LogP contribution in [0.4, 0.5) is 5.69 Å². The van der Waals surface area contributed by atoms with E-state index in [1.165, 1.54) is 12.8 Å². The Balaban J connectivity index is 1.49. The van der Waals surface area contributed by atoms with Crippen molar-refractivity contribution in [3.8, 4) is 0 Å². The minimum atomic E-state index is -3.51. The summed E-state index contributed by atoms with van der Waals surface area (Å²) in [6.07, 6.45) is 4.17. The highest BCUT2D eigenvalue weighted by atomic mass is 32.2. The molecule has 1 aromatic heterocycles. The van der Waals surface area contributed by atoms with E-state index in [0.717, 1.165) is 24.5 Å². The summed E-state index contributed by atoms with van der Waals surface area (Å²) in [6, 6.07) is 11.3. The number of rotatable bonds is 4. The first kappa shape index (κ1) is 16.4. The van der Waals surface area contributed by atoms with Gasteiger partial charge in [0.1, 0.15) is 10.7 Å². The molecule has 3 heterocycles. The van der Waals surface area contributed by atoms with E-state index in [-0.39, 0.29) is 12.1 Å². The molecule has 26 heavy (non-hydrogen) atoms. The molecule has 7 heteroatoms. The van der Waals surface area contributed by atoms with Crippen molar-refractivity contribution in [2.24, 2.45) is 5.92 Å². The van der Waals surface area contributed by atoms with E-state index in [1.807, 2.05) is 24.3 Å². The van der Waals surface area contributed by atoms with Crippen LogP contribution in [-0.4, -0.2) is 45.0 Å². The molecule has 1 aliphatic carbocycles. The largest absolute Gasteiger partial charge is 0.468 e. The van der Waals surface area contributed by atoms with Crippen LogP contribution in [-0.2, 0) is 16.6 Å². The predicted molar refractivity (Wildman–Crippen MR) is 98.4 cm³/mol.